The number of rotatable bonds is 3. The smallest absolute Gasteiger partial charge is 0.259 e. The van der Waals surface area contributed by atoms with Crippen LogP contribution in [0.15, 0.2) is 41.1 Å². The van der Waals surface area contributed by atoms with Gasteiger partial charge in [0.15, 0.2) is 0 Å². The molecule has 3 rings (SSSR count). The maximum atomic E-state index is 10.5. The van der Waals surface area contributed by atoms with Crippen LogP contribution in [0.25, 0.3) is 10.9 Å². The number of hydrogen-bond acceptors (Lipinski definition) is 4. The zero-order valence-electron chi connectivity index (χ0n) is 9.84. The van der Waals surface area contributed by atoms with Gasteiger partial charge in [-0.05, 0) is 23.8 Å². The molecule has 0 saturated heterocycles. The number of halogens is 1. The van der Waals surface area contributed by atoms with Crippen molar-refractivity contribution in [2.75, 3.05) is 0 Å². The minimum atomic E-state index is 0.0977. The maximum Gasteiger partial charge on any atom is 0.259 e. The Labute approximate surface area is 114 Å². The molecule has 0 bridgehead atoms. The minimum Gasteiger partial charge on any atom is -0.442 e. The predicted octanol–water partition coefficient (Wildman–Crippen LogP) is 3.28. The van der Waals surface area contributed by atoms with Crippen LogP contribution < -0.4 is 0 Å². The van der Waals surface area contributed by atoms with Gasteiger partial charge in [-0.1, -0.05) is 17.7 Å². The van der Waals surface area contributed by atoms with Crippen LogP contribution in [0.1, 0.15) is 21.9 Å². The summed E-state index contributed by atoms with van der Waals surface area (Å²) >= 11 is 5.92. The number of pyridine rings is 1. The van der Waals surface area contributed by atoms with Crippen molar-refractivity contribution >= 4 is 28.8 Å². The van der Waals surface area contributed by atoms with Gasteiger partial charge in [0.2, 0.25) is 6.29 Å². The Bertz CT molecular complexity index is 752. The molecule has 0 aliphatic heterocycles. The van der Waals surface area contributed by atoms with Gasteiger partial charge in [0, 0.05) is 18.0 Å². The van der Waals surface area contributed by atoms with Crippen molar-refractivity contribution in [3.8, 4) is 0 Å². The predicted molar refractivity (Wildman–Crippen MR) is 71.4 cm³/mol. The van der Waals surface area contributed by atoms with E-state index < -0.39 is 0 Å². The number of aldehydes is 1. The summed E-state index contributed by atoms with van der Waals surface area (Å²) in [6.45, 7) is 0. The standard InChI is InChI=1S/C14H9ClN2O2/c15-11-5-10-3-9(1-2-13(10)16-6-11)4-12-8-19-14(7-18)17-12/h1-3,5-8H,4H2. The Morgan fingerprint density at radius 3 is 3.00 bits per heavy atom. The Hall–Kier alpha value is -2.20. The molecule has 0 N–H and O–H groups in total. The van der Waals surface area contributed by atoms with E-state index in [0.717, 1.165) is 22.2 Å². The molecule has 2 aromatic heterocycles. The van der Waals surface area contributed by atoms with Crippen LogP contribution in [0.5, 0.6) is 0 Å². The van der Waals surface area contributed by atoms with Crippen LogP contribution in [-0.2, 0) is 6.42 Å². The zero-order valence-corrected chi connectivity index (χ0v) is 10.6. The maximum absolute atomic E-state index is 10.5. The highest BCUT2D eigenvalue weighted by atomic mass is 35.5. The van der Waals surface area contributed by atoms with Crippen molar-refractivity contribution in [2.45, 2.75) is 6.42 Å². The fourth-order valence-electron chi connectivity index (χ4n) is 1.93. The van der Waals surface area contributed by atoms with Crippen molar-refractivity contribution < 1.29 is 9.21 Å². The highest BCUT2D eigenvalue weighted by Crippen LogP contribution is 2.19. The summed E-state index contributed by atoms with van der Waals surface area (Å²) < 4.78 is 4.98. The highest BCUT2D eigenvalue weighted by Gasteiger charge is 2.05. The Kier molecular flexibility index (Phi) is 3.01. The summed E-state index contributed by atoms with van der Waals surface area (Å²) in [5.74, 6) is 0.0977. The van der Waals surface area contributed by atoms with Gasteiger partial charge in [0.1, 0.15) is 6.26 Å². The first-order chi connectivity index (χ1) is 9.24. The largest absolute Gasteiger partial charge is 0.442 e. The van der Waals surface area contributed by atoms with Crippen LogP contribution >= 0.6 is 11.6 Å². The molecule has 5 heteroatoms. The lowest BCUT2D eigenvalue weighted by molar-refractivity contribution is 0.109. The van der Waals surface area contributed by atoms with E-state index in [9.17, 15) is 4.79 Å². The van der Waals surface area contributed by atoms with Crippen LogP contribution in [0.3, 0.4) is 0 Å². The second kappa shape index (κ2) is 4.82. The molecule has 0 atom stereocenters. The van der Waals surface area contributed by atoms with Crippen molar-refractivity contribution in [3.63, 3.8) is 0 Å². The molecule has 2 heterocycles. The molecule has 0 aliphatic carbocycles. The van der Waals surface area contributed by atoms with E-state index >= 15 is 0 Å². The number of oxazole rings is 1. The average Bonchev–Trinajstić information content (AvgIpc) is 2.86. The topological polar surface area (TPSA) is 56.0 Å². The normalized spacial score (nSPS) is 10.8. The molecule has 0 amide bonds. The molecule has 3 aromatic rings. The number of benzene rings is 1. The monoisotopic (exact) mass is 272 g/mol. The van der Waals surface area contributed by atoms with Gasteiger partial charge in [0.25, 0.3) is 5.89 Å². The second-order valence-electron chi connectivity index (χ2n) is 4.15. The van der Waals surface area contributed by atoms with Gasteiger partial charge in [-0.15, -0.1) is 0 Å². The number of carbonyl (C=O) groups is 1. The third-order valence-electron chi connectivity index (χ3n) is 2.77. The molecule has 19 heavy (non-hydrogen) atoms. The molecule has 0 radical (unpaired) electrons. The van der Waals surface area contributed by atoms with E-state index in [1.54, 1.807) is 6.20 Å². The molecular weight excluding hydrogens is 264 g/mol. The third-order valence-corrected chi connectivity index (χ3v) is 2.97. The molecule has 0 unspecified atom stereocenters. The van der Waals surface area contributed by atoms with Crippen molar-refractivity contribution in [1.29, 1.82) is 0 Å². The third kappa shape index (κ3) is 2.48. The first-order valence-electron chi connectivity index (χ1n) is 5.68. The number of aromatic nitrogens is 2. The molecule has 0 aliphatic rings. The van der Waals surface area contributed by atoms with Crippen molar-refractivity contribution in [1.82, 2.24) is 9.97 Å². The van der Waals surface area contributed by atoms with Crippen LogP contribution in [0.4, 0.5) is 0 Å². The van der Waals surface area contributed by atoms with Gasteiger partial charge in [-0.3, -0.25) is 9.78 Å². The van der Waals surface area contributed by atoms with Gasteiger partial charge in [-0.25, -0.2) is 4.98 Å². The zero-order chi connectivity index (χ0) is 13.2. The van der Waals surface area contributed by atoms with Crippen molar-refractivity contribution in [3.05, 3.63) is 58.9 Å². The van der Waals surface area contributed by atoms with Gasteiger partial charge < -0.3 is 4.42 Å². The molecule has 0 saturated carbocycles. The molecule has 1 aromatic carbocycles. The number of carbonyl (C=O) groups excluding carboxylic acids is 1. The SMILES string of the molecule is O=Cc1nc(Cc2ccc3ncc(Cl)cc3c2)co1. The lowest BCUT2D eigenvalue weighted by Crippen LogP contribution is -1.90. The first kappa shape index (κ1) is 11.9. The van der Waals surface area contributed by atoms with Crippen molar-refractivity contribution in [2.24, 2.45) is 0 Å². The fourth-order valence-corrected chi connectivity index (χ4v) is 2.10. The highest BCUT2D eigenvalue weighted by molar-refractivity contribution is 6.31. The number of nitrogens with zero attached hydrogens (tertiary/aromatic N) is 2. The van der Waals surface area contributed by atoms with E-state index in [-0.39, 0.29) is 5.89 Å². The lowest BCUT2D eigenvalue weighted by atomic mass is 10.1. The van der Waals surface area contributed by atoms with E-state index in [2.05, 4.69) is 9.97 Å². The van der Waals surface area contributed by atoms with E-state index in [1.165, 1.54) is 6.26 Å². The van der Waals surface area contributed by atoms with E-state index in [0.29, 0.717) is 17.7 Å². The van der Waals surface area contributed by atoms with Crippen LogP contribution in [-0.4, -0.2) is 16.3 Å². The second-order valence-corrected chi connectivity index (χ2v) is 4.59. The van der Waals surface area contributed by atoms with Crippen LogP contribution in [0, 0.1) is 0 Å². The molecule has 0 spiro atoms. The Balaban J connectivity index is 1.94. The quantitative estimate of drug-likeness (QED) is 0.687. The fraction of sp³-hybridized carbons (Fsp3) is 0.0714. The average molecular weight is 273 g/mol. The summed E-state index contributed by atoms with van der Waals surface area (Å²) in [7, 11) is 0. The van der Waals surface area contributed by atoms with Gasteiger partial charge in [0.05, 0.1) is 16.2 Å². The molecule has 0 fully saturated rings. The molecular formula is C14H9ClN2O2. The first-order valence-corrected chi connectivity index (χ1v) is 6.06. The summed E-state index contributed by atoms with van der Waals surface area (Å²) in [5.41, 5.74) is 2.67. The van der Waals surface area contributed by atoms with E-state index in [4.69, 9.17) is 16.0 Å². The number of hydrogen-bond donors (Lipinski definition) is 0. The van der Waals surface area contributed by atoms with Crippen LogP contribution in [0.2, 0.25) is 5.02 Å². The lowest BCUT2D eigenvalue weighted by Gasteiger charge is -2.01. The molecule has 4 nitrogen and oxygen atoms in total. The Morgan fingerprint density at radius 2 is 2.21 bits per heavy atom. The van der Waals surface area contributed by atoms with Gasteiger partial charge >= 0.3 is 0 Å². The number of fused-ring (bicyclic) bond motifs is 1. The summed E-state index contributed by atoms with van der Waals surface area (Å²) in [6.07, 6.45) is 4.30. The van der Waals surface area contributed by atoms with Gasteiger partial charge in [-0.2, -0.15) is 0 Å². The Morgan fingerprint density at radius 1 is 1.32 bits per heavy atom. The van der Waals surface area contributed by atoms with E-state index in [1.807, 2.05) is 24.3 Å². The molecule has 94 valence electrons. The summed E-state index contributed by atoms with van der Waals surface area (Å²) in [6, 6.07) is 7.77. The minimum absolute atomic E-state index is 0.0977. The summed E-state index contributed by atoms with van der Waals surface area (Å²) in [5, 5.41) is 1.58. The summed E-state index contributed by atoms with van der Waals surface area (Å²) in [4.78, 5) is 18.8.